The van der Waals surface area contributed by atoms with Crippen molar-refractivity contribution in [2.24, 2.45) is 4.99 Å². The van der Waals surface area contributed by atoms with E-state index in [-0.39, 0.29) is 6.04 Å². The van der Waals surface area contributed by atoms with E-state index in [4.69, 9.17) is 4.42 Å². The molecule has 2 heterocycles. The molecule has 0 radical (unpaired) electrons. The van der Waals surface area contributed by atoms with Gasteiger partial charge in [0.1, 0.15) is 5.76 Å². The first kappa shape index (κ1) is 15.9. The Morgan fingerprint density at radius 1 is 1.38 bits per heavy atom. The number of hydrogen-bond acceptors (Lipinski definition) is 3. The van der Waals surface area contributed by atoms with Gasteiger partial charge in [-0.25, -0.2) is 0 Å². The second-order valence-corrected chi connectivity index (χ2v) is 5.51. The van der Waals surface area contributed by atoms with E-state index in [0.717, 1.165) is 44.3 Å². The lowest BCUT2D eigenvalue weighted by Gasteiger charge is -2.26. The third kappa shape index (κ3) is 4.77. The summed E-state index contributed by atoms with van der Waals surface area (Å²) in [5.74, 6) is 1.91. The fourth-order valence-electron chi connectivity index (χ4n) is 2.74. The monoisotopic (exact) mass is 292 g/mol. The van der Waals surface area contributed by atoms with Gasteiger partial charge in [-0.2, -0.15) is 0 Å². The highest BCUT2D eigenvalue weighted by atomic mass is 16.3. The molecule has 1 aromatic rings. The molecule has 1 saturated heterocycles. The molecular formula is C16H28N4O. The molecule has 0 aliphatic carbocycles. The van der Waals surface area contributed by atoms with Crippen molar-refractivity contribution in [3.63, 3.8) is 0 Å². The molecule has 1 aliphatic rings. The largest absolute Gasteiger partial charge is 0.468 e. The third-order valence-corrected chi connectivity index (χ3v) is 3.96. The molecule has 0 saturated carbocycles. The number of aliphatic imine (C=N–C) groups is 1. The molecule has 2 N–H and O–H groups in total. The number of furan rings is 1. The SMILES string of the molecule is CCCCNC(=NC)NCC(c1ccco1)N1CCCC1. The molecule has 2 rings (SSSR count). The van der Waals surface area contributed by atoms with Crippen LogP contribution in [0.25, 0.3) is 0 Å². The number of unbranched alkanes of at least 4 members (excludes halogenated alkanes) is 1. The van der Waals surface area contributed by atoms with Gasteiger partial charge in [0, 0.05) is 20.1 Å². The van der Waals surface area contributed by atoms with Crippen LogP contribution in [0, 0.1) is 0 Å². The van der Waals surface area contributed by atoms with E-state index in [1.165, 1.54) is 19.3 Å². The number of nitrogens with zero attached hydrogens (tertiary/aromatic N) is 2. The first-order valence-electron chi connectivity index (χ1n) is 8.07. The highest BCUT2D eigenvalue weighted by Crippen LogP contribution is 2.24. The Morgan fingerprint density at radius 3 is 2.81 bits per heavy atom. The Bertz CT molecular complexity index is 410. The molecule has 1 aromatic heterocycles. The number of guanidine groups is 1. The normalized spacial score (nSPS) is 17.9. The molecule has 118 valence electrons. The van der Waals surface area contributed by atoms with E-state index < -0.39 is 0 Å². The number of likely N-dealkylation sites (tertiary alicyclic amines) is 1. The van der Waals surface area contributed by atoms with E-state index in [2.05, 4.69) is 33.5 Å². The van der Waals surface area contributed by atoms with Crippen LogP contribution >= 0.6 is 0 Å². The van der Waals surface area contributed by atoms with Crippen molar-refractivity contribution >= 4 is 5.96 Å². The van der Waals surface area contributed by atoms with Crippen molar-refractivity contribution in [2.75, 3.05) is 33.2 Å². The first-order valence-corrected chi connectivity index (χ1v) is 8.07. The van der Waals surface area contributed by atoms with Crippen LogP contribution < -0.4 is 10.6 Å². The van der Waals surface area contributed by atoms with Crippen LogP contribution in [-0.4, -0.2) is 44.1 Å². The maximum atomic E-state index is 5.63. The van der Waals surface area contributed by atoms with Crippen LogP contribution in [0.15, 0.2) is 27.8 Å². The van der Waals surface area contributed by atoms with E-state index >= 15 is 0 Å². The maximum absolute atomic E-state index is 5.63. The van der Waals surface area contributed by atoms with Crippen LogP contribution in [0.3, 0.4) is 0 Å². The van der Waals surface area contributed by atoms with Gasteiger partial charge in [-0.05, 0) is 44.5 Å². The zero-order valence-electron chi connectivity index (χ0n) is 13.3. The smallest absolute Gasteiger partial charge is 0.191 e. The van der Waals surface area contributed by atoms with Gasteiger partial charge in [0.05, 0.1) is 12.3 Å². The predicted molar refractivity (Wildman–Crippen MR) is 86.5 cm³/mol. The molecule has 0 amide bonds. The van der Waals surface area contributed by atoms with Crippen molar-refractivity contribution in [1.82, 2.24) is 15.5 Å². The summed E-state index contributed by atoms with van der Waals surface area (Å²) < 4.78 is 5.63. The van der Waals surface area contributed by atoms with Crippen molar-refractivity contribution in [1.29, 1.82) is 0 Å². The first-order chi connectivity index (χ1) is 10.3. The van der Waals surface area contributed by atoms with Gasteiger partial charge in [0.2, 0.25) is 0 Å². The van der Waals surface area contributed by atoms with Gasteiger partial charge in [0.15, 0.2) is 5.96 Å². The number of rotatable bonds is 7. The summed E-state index contributed by atoms with van der Waals surface area (Å²) in [6, 6.07) is 4.32. The Balaban J connectivity index is 1.89. The Hall–Kier alpha value is -1.49. The Morgan fingerprint density at radius 2 is 2.19 bits per heavy atom. The van der Waals surface area contributed by atoms with Crippen molar-refractivity contribution in [3.05, 3.63) is 24.2 Å². The van der Waals surface area contributed by atoms with Crippen LogP contribution in [0.2, 0.25) is 0 Å². The Labute approximate surface area is 127 Å². The molecule has 0 bridgehead atoms. The fourth-order valence-corrected chi connectivity index (χ4v) is 2.74. The second kappa shape index (κ2) is 8.72. The third-order valence-electron chi connectivity index (χ3n) is 3.96. The second-order valence-electron chi connectivity index (χ2n) is 5.51. The minimum absolute atomic E-state index is 0.284. The summed E-state index contributed by atoms with van der Waals surface area (Å²) in [6.45, 7) is 6.27. The summed E-state index contributed by atoms with van der Waals surface area (Å²) in [5, 5.41) is 6.78. The van der Waals surface area contributed by atoms with Crippen molar-refractivity contribution in [2.45, 2.75) is 38.6 Å². The van der Waals surface area contributed by atoms with Crippen LogP contribution in [0.1, 0.15) is 44.4 Å². The van der Waals surface area contributed by atoms with Crippen LogP contribution in [0.5, 0.6) is 0 Å². The zero-order chi connectivity index (χ0) is 14.9. The van der Waals surface area contributed by atoms with Gasteiger partial charge in [-0.15, -0.1) is 0 Å². The topological polar surface area (TPSA) is 52.8 Å². The molecule has 0 aromatic carbocycles. The summed E-state index contributed by atoms with van der Waals surface area (Å²) in [6.07, 6.45) is 6.66. The predicted octanol–water partition coefficient (Wildman–Crippen LogP) is 2.38. The standard InChI is InChI=1S/C16H28N4O/c1-3-4-9-18-16(17-2)19-13-14(15-8-7-12-21-15)20-10-5-6-11-20/h7-8,12,14H,3-6,9-11,13H2,1-2H3,(H2,17,18,19). The van der Waals surface area contributed by atoms with E-state index in [1.807, 2.05) is 13.1 Å². The minimum atomic E-state index is 0.284. The van der Waals surface area contributed by atoms with Crippen molar-refractivity contribution in [3.8, 4) is 0 Å². The van der Waals surface area contributed by atoms with Gasteiger partial charge in [-0.1, -0.05) is 13.3 Å². The Kier molecular flexibility index (Phi) is 6.60. The van der Waals surface area contributed by atoms with Gasteiger partial charge in [0.25, 0.3) is 0 Å². The summed E-state index contributed by atoms with van der Waals surface area (Å²) in [7, 11) is 1.82. The lowest BCUT2D eigenvalue weighted by atomic mass is 10.2. The fraction of sp³-hybridized carbons (Fsp3) is 0.688. The molecule has 1 aliphatic heterocycles. The zero-order valence-corrected chi connectivity index (χ0v) is 13.3. The van der Waals surface area contributed by atoms with Crippen molar-refractivity contribution < 1.29 is 4.42 Å². The molecule has 1 atom stereocenters. The summed E-state index contributed by atoms with van der Waals surface area (Å²) in [5.41, 5.74) is 0. The number of nitrogens with one attached hydrogen (secondary N) is 2. The molecule has 5 heteroatoms. The molecule has 5 nitrogen and oxygen atoms in total. The average molecular weight is 292 g/mol. The van der Waals surface area contributed by atoms with Gasteiger partial charge >= 0.3 is 0 Å². The molecule has 21 heavy (non-hydrogen) atoms. The molecule has 1 unspecified atom stereocenters. The minimum Gasteiger partial charge on any atom is -0.468 e. The van der Waals surface area contributed by atoms with Crippen LogP contribution in [-0.2, 0) is 0 Å². The van der Waals surface area contributed by atoms with Gasteiger partial charge in [-0.3, -0.25) is 9.89 Å². The summed E-state index contributed by atoms with van der Waals surface area (Å²) >= 11 is 0. The van der Waals surface area contributed by atoms with Gasteiger partial charge < -0.3 is 15.1 Å². The van der Waals surface area contributed by atoms with E-state index in [1.54, 1.807) is 6.26 Å². The van der Waals surface area contributed by atoms with Crippen LogP contribution in [0.4, 0.5) is 0 Å². The quantitative estimate of drug-likeness (QED) is 0.460. The maximum Gasteiger partial charge on any atom is 0.191 e. The highest BCUT2D eigenvalue weighted by Gasteiger charge is 2.25. The van der Waals surface area contributed by atoms with E-state index in [0.29, 0.717) is 0 Å². The van der Waals surface area contributed by atoms with E-state index in [9.17, 15) is 0 Å². The lowest BCUT2D eigenvalue weighted by Crippen LogP contribution is -2.42. The summed E-state index contributed by atoms with van der Waals surface area (Å²) in [4.78, 5) is 6.78. The molecule has 0 spiro atoms. The molecule has 1 fully saturated rings. The average Bonchev–Trinajstić information content (AvgIpc) is 3.19. The number of hydrogen-bond donors (Lipinski definition) is 2. The lowest BCUT2D eigenvalue weighted by molar-refractivity contribution is 0.215. The highest BCUT2D eigenvalue weighted by molar-refractivity contribution is 5.79. The molecular weight excluding hydrogens is 264 g/mol.